The number of halogens is 1. The monoisotopic (exact) mass is 349 g/mol. The number of aliphatic hydroxyl groups is 1. The summed E-state index contributed by atoms with van der Waals surface area (Å²) in [6.45, 7) is 1.96. The van der Waals surface area contributed by atoms with Crippen LogP contribution in [0.1, 0.15) is 37.7 Å². The summed E-state index contributed by atoms with van der Waals surface area (Å²) in [6, 6.07) is 7.81. The third-order valence-corrected chi connectivity index (χ3v) is 6.19. The highest BCUT2D eigenvalue weighted by molar-refractivity contribution is 6.30. The molecular formula is C19H24ClNO3. The highest BCUT2D eigenvalue weighted by Crippen LogP contribution is 2.51. The summed E-state index contributed by atoms with van der Waals surface area (Å²) < 4.78 is 5.58. The van der Waals surface area contributed by atoms with Crippen molar-refractivity contribution in [1.82, 2.24) is 4.90 Å². The summed E-state index contributed by atoms with van der Waals surface area (Å²) in [5.74, 6) is 0.255. The minimum Gasteiger partial charge on any atom is -0.393 e. The minimum absolute atomic E-state index is 0.0420. The van der Waals surface area contributed by atoms with Crippen LogP contribution in [0.4, 0.5) is 0 Å². The predicted molar refractivity (Wildman–Crippen MR) is 92.0 cm³/mol. The lowest BCUT2D eigenvalue weighted by atomic mass is 9.87. The van der Waals surface area contributed by atoms with Crippen LogP contribution >= 0.6 is 11.6 Å². The number of carbonyl (C=O) groups excluding carboxylic acids is 1. The van der Waals surface area contributed by atoms with E-state index in [0.717, 1.165) is 37.8 Å². The lowest BCUT2D eigenvalue weighted by Crippen LogP contribution is -2.50. The molecule has 2 aliphatic heterocycles. The SMILES string of the molecule is O=C(N1CCC[C@@H]1[C@@H]1COCC[C@@H]1O)C1(c2cccc(Cl)c2)CC1. The Labute approximate surface area is 147 Å². The Bertz CT molecular complexity index is 631. The van der Waals surface area contributed by atoms with Crippen molar-refractivity contribution in [1.29, 1.82) is 0 Å². The molecule has 2 heterocycles. The van der Waals surface area contributed by atoms with Gasteiger partial charge >= 0.3 is 0 Å². The van der Waals surface area contributed by atoms with Crippen LogP contribution in [0.25, 0.3) is 0 Å². The van der Waals surface area contributed by atoms with E-state index < -0.39 is 5.41 Å². The molecule has 1 saturated carbocycles. The van der Waals surface area contributed by atoms with Crippen LogP contribution in [0.3, 0.4) is 0 Å². The Morgan fingerprint density at radius 1 is 1.33 bits per heavy atom. The van der Waals surface area contributed by atoms with Crippen molar-refractivity contribution in [2.75, 3.05) is 19.8 Å². The number of amides is 1. The quantitative estimate of drug-likeness (QED) is 0.912. The van der Waals surface area contributed by atoms with E-state index in [2.05, 4.69) is 0 Å². The molecule has 2 saturated heterocycles. The second-order valence-corrected chi connectivity index (χ2v) is 7.83. The summed E-state index contributed by atoms with van der Waals surface area (Å²) in [6.07, 6.45) is 4.05. The van der Waals surface area contributed by atoms with E-state index in [1.807, 2.05) is 29.2 Å². The Kier molecular flexibility index (Phi) is 4.31. The van der Waals surface area contributed by atoms with E-state index in [-0.39, 0.29) is 24.0 Å². The van der Waals surface area contributed by atoms with E-state index >= 15 is 0 Å². The lowest BCUT2D eigenvalue weighted by molar-refractivity contribution is -0.139. The minimum atomic E-state index is -0.395. The summed E-state index contributed by atoms with van der Waals surface area (Å²) in [7, 11) is 0. The molecule has 1 N–H and O–H groups in total. The fraction of sp³-hybridized carbons (Fsp3) is 0.632. The van der Waals surface area contributed by atoms with Crippen LogP contribution in [0.2, 0.25) is 5.02 Å². The highest BCUT2D eigenvalue weighted by Gasteiger charge is 2.55. The van der Waals surface area contributed by atoms with Crippen molar-refractivity contribution in [3.8, 4) is 0 Å². The van der Waals surface area contributed by atoms with Gasteiger partial charge in [0.25, 0.3) is 0 Å². The molecule has 0 bridgehead atoms. The van der Waals surface area contributed by atoms with Gasteiger partial charge in [0.15, 0.2) is 0 Å². The standard InChI is InChI=1S/C19H24ClNO3/c20-14-4-1-3-13(11-14)19(7-8-19)18(23)21-9-2-5-16(21)15-12-24-10-6-17(15)22/h1,3-4,11,15-17,22H,2,5-10,12H2/t15-,16+,17-/m0/s1. The van der Waals surface area contributed by atoms with Gasteiger partial charge < -0.3 is 14.7 Å². The Morgan fingerprint density at radius 2 is 2.17 bits per heavy atom. The Morgan fingerprint density at radius 3 is 2.88 bits per heavy atom. The zero-order valence-corrected chi connectivity index (χ0v) is 14.5. The molecule has 3 fully saturated rings. The van der Waals surface area contributed by atoms with Gasteiger partial charge in [0.2, 0.25) is 5.91 Å². The van der Waals surface area contributed by atoms with Gasteiger partial charge in [-0.25, -0.2) is 0 Å². The molecule has 0 unspecified atom stereocenters. The molecule has 3 atom stereocenters. The largest absolute Gasteiger partial charge is 0.393 e. The number of rotatable bonds is 3. The predicted octanol–water partition coefficient (Wildman–Crippen LogP) is 2.76. The average molecular weight is 350 g/mol. The zero-order chi connectivity index (χ0) is 16.7. The molecule has 1 aromatic rings. The van der Waals surface area contributed by atoms with Crippen LogP contribution in [0.15, 0.2) is 24.3 Å². The fourth-order valence-corrected chi connectivity index (χ4v) is 4.61. The zero-order valence-electron chi connectivity index (χ0n) is 13.8. The van der Waals surface area contributed by atoms with Crippen LogP contribution in [-0.2, 0) is 14.9 Å². The molecule has 1 amide bonds. The van der Waals surface area contributed by atoms with Gasteiger partial charge in [-0.05, 0) is 49.8 Å². The third kappa shape index (κ3) is 2.75. The van der Waals surface area contributed by atoms with E-state index in [1.165, 1.54) is 0 Å². The normalized spacial score (nSPS) is 31.9. The first-order valence-corrected chi connectivity index (χ1v) is 9.32. The van der Waals surface area contributed by atoms with Gasteiger partial charge in [0, 0.05) is 30.1 Å². The summed E-state index contributed by atoms with van der Waals surface area (Å²) in [4.78, 5) is 15.4. The second-order valence-electron chi connectivity index (χ2n) is 7.40. The van der Waals surface area contributed by atoms with Gasteiger partial charge in [-0.1, -0.05) is 23.7 Å². The number of hydrogen-bond donors (Lipinski definition) is 1. The molecule has 4 nitrogen and oxygen atoms in total. The maximum absolute atomic E-state index is 13.4. The van der Waals surface area contributed by atoms with Gasteiger partial charge in [0.1, 0.15) is 0 Å². The number of carbonyl (C=O) groups is 1. The van der Waals surface area contributed by atoms with Gasteiger partial charge in [0.05, 0.1) is 18.1 Å². The molecule has 24 heavy (non-hydrogen) atoms. The Hall–Kier alpha value is -1.10. The fourth-order valence-electron chi connectivity index (χ4n) is 4.42. The van der Waals surface area contributed by atoms with Crippen LogP contribution < -0.4 is 0 Å². The summed E-state index contributed by atoms with van der Waals surface area (Å²) >= 11 is 6.14. The van der Waals surface area contributed by atoms with Crippen molar-refractivity contribution in [2.45, 2.75) is 49.7 Å². The smallest absolute Gasteiger partial charge is 0.233 e. The number of nitrogens with zero attached hydrogens (tertiary/aromatic N) is 1. The maximum atomic E-state index is 13.4. The van der Waals surface area contributed by atoms with Crippen molar-refractivity contribution >= 4 is 17.5 Å². The molecule has 3 aliphatic rings. The maximum Gasteiger partial charge on any atom is 0.233 e. The molecule has 130 valence electrons. The topological polar surface area (TPSA) is 49.8 Å². The van der Waals surface area contributed by atoms with Gasteiger partial charge in [-0.2, -0.15) is 0 Å². The van der Waals surface area contributed by atoms with Crippen molar-refractivity contribution in [3.63, 3.8) is 0 Å². The molecule has 1 aromatic carbocycles. The molecular weight excluding hydrogens is 326 g/mol. The van der Waals surface area contributed by atoms with Crippen LogP contribution in [0, 0.1) is 5.92 Å². The first-order valence-electron chi connectivity index (χ1n) is 8.95. The van der Waals surface area contributed by atoms with E-state index in [0.29, 0.717) is 24.7 Å². The van der Waals surface area contributed by atoms with Gasteiger partial charge in [-0.15, -0.1) is 0 Å². The Balaban J connectivity index is 1.57. The number of hydrogen-bond acceptors (Lipinski definition) is 3. The number of ether oxygens (including phenoxy) is 1. The summed E-state index contributed by atoms with van der Waals surface area (Å²) in [5.41, 5.74) is 0.639. The molecule has 0 radical (unpaired) electrons. The van der Waals surface area contributed by atoms with Crippen molar-refractivity contribution < 1.29 is 14.6 Å². The number of aliphatic hydroxyl groups excluding tert-OH is 1. The summed E-state index contributed by atoms with van der Waals surface area (Å²) in [5, 5.41) is 11.0. The van der Waals surface area contributed by atoms with E-state index in [4.69, 9.17) is 16.3 Å². The third-order valence-electron chi connectivity index (χ3n) is 5.95. The van der Waals surface area contributed by atoms with E-state index in [9.17, 15) is 9.90 Å². The highest BCUT2D eigenvalue weighted by atomic mass is 35.5. The first-order chi connectivity index (χ1) is 11.6. The molecule has 5 heteroatoms. The molecule has 0 spiro atoms. The van der Waals surface area contributed by atoms with Crippen LogP contribution in [0.5, 0.6) is 0 Å². The molecule has 1 aliphatic carbocycles. The van der Waals surface area contributed by atoms with E-state index in [1.54, 1.807) is 0 Å². The second kappa shape index (κ2) is 6.32. The molecule has 0 aromatic heterocycles. The number of likely N-dealkylation sites (tertiary alicyclic amines) is 1. The molecule has 4 rings (SSSR count). The number of benzene rings is 1. The van der Waals surface area contributed by atoms with Crippen molar-refractivity contribution in [2.24, 2.45) is 5.92 Å². The van der Waals surface area contributed by atoms with Crippen molar-refractivity contribution in [3.05, 3.63) is 34.9 Å². The lowest BCUT2D eigenvalue weighted by Gasteiger charge is -2.38. The van der Waals surface area contributed by atoms with Crippen LogP contribution in [-0.4, -0.2) is 47.8 Å². The first kappa shape index (κ1) is 16.4. The average Bonchev–Trinajstić information content (AvgIpc) is 3.26. The van der Waals surface area contributed by atoms with Gasteiger partial charge in [-0.3, -0.25) is 4.79 Å².